The van der Waals surface area contributed by atoms with Crippen molar-refractivity contribution in [2.24, 2.45) is 0 Å². The molecule has 0 bridgehead atoms. The van der Waals surface area contributed by atoms with Crippen LogP contribution in [-0.2, 0) is 13.2 Å². The maximum absolute atomic E-state index is 6.13. The topological polar surface area (TPSA) is 33.3 Å². The highest BCUT2D eigenvalue weighted by Crippen LogP contribution is 2.24. The number of rotatable bonds is 9. The monoisotopic (exact) mass is 332 g/mol. The number of nitrogens with one attached hydrogen (secondary N) is 2. The van der Waals surface area contributed by atoms with E-state index in [1.807, 2.05) is 37.4 Å². The normalized spacial score (nSPS) is 10.7. The van der Waals surface area contributed by atoms with Gasteiger partial charge in [0.15, 0.2) is 0 Å². The molecule has 23 heavy (non-hydrogen) atoms. The maximum Gasteiger partial charge on any atom is 0.124 e. The number of ether oxygens (including phenoxy) is 1. The molecule has 0 saturated carbocycles. The Labute approximate surface area is 144 Å². The van der Waals surface area contributed by atoms with Gasteiger partial charge in [0, 0.05) is 17.1 Å². The predicted molar refractivity (Wildman–Crippen MR) is 97.2 cm³/mol. The maximum atomic E-state index is 6.13. The van der Waals surface area contributed by atoms with Crippen molar-refractivity contribution < 1.29 is 4.74 Å². The van der Waals surface area contributed by atoms with Gasteiger partial charge in [-0.25, -0.2) is 0 Å². The lowest BCUT2D eigenvalue weighted by atomic mass is 10.1. The van der Waals surface area contributed by atoms with Gasteiger partial charge in [-0.05, 0) is 62.8 Å². The highest BCUT2D eigenvalue weighted by atomic mass is 35.5. The molecule has 0 fully saturated rings. The Hall–Kier alpha value is -1.55. The molecule has 2 N–H and O–H groups in total. The second-order valence-corrected chi connectivity index (χ2v) is 6.04. The summed E-state index contributed by atoms with van der Waals surface area (Å²) in [7, 11) is 1.97. The summed E-state index contributed by atoms with van der Waals surface area (Å²) in [5.74, 6) is 0.888. The van der Waals surface area contributed by atoms with E-state index < -0.39 is 0 Å². The van der Waals surface area contributed by atoms with Gasteiger partial charge < -0.3 is 15.4 Å². The predicted octanol–water partition coefficient (Wildman–Crippen LogP) is 3.93. The second kappa shape index (κ2) is 9.56. The molecule has 0 unspecified atom stereocenters. The summed E-state index contributed by atoms with van der Waals surface area (Å²) in [5, 5.41) is 7.32. The molecule has 124 valence electrons. The summed E-state index contributed by atoms with van der Waals surface area (Å²) in [6.07, 6.45) is 1.09. The van der Waals surface area contributed by atoms with Crippen molar-refractivity contribution in [1.82, 2.24) is 10.6 Å². The Morgan fingerprint density at radius 1 is 1.04 bits per heavy atom. The lowest BCUT2D eigenvalue weighted by Gasteiger charge is -2.14. The van der Waals surface area contributed by atoms with E-state index in [0.717, 1.165) is 42.4 Å². The summed E-state index contributed by atoms with van der Waals surface area (Å²) >= 11 is 6.13. The molecule has 0 saturated heterocycles. The second-order valence-electron chi connectivity index (χ2n) is 5.60. The smallest absolute Gasteiger partial charge is 0.124 e. The van der Waals surface area contributed by atoms with E-state index in [2.05, 4.69) is 29.7 Å². The lowest BCUT2D eigenvalue weighted by molar-refractivity contribution is 0.301. The number of benzene rings is 2. The molecular weight excluding hydrogens is 308 g/mol. The average molecular weight is 333 g/mol. The zero-order chi connectivity index (χ0) is 16.5. The first kappa shape index (κ1) is 17.8. The quantitative estimate of drug-likeness (QED) is 0.683. The Morgan fingerprint density at radius 3 is 2.65 bits per heavy atom. The van der Waals surface area contributed by atoms with Crippen molar-refractivity contribution >= 4 is 11.6 Å². The molecule has 0 aliphatic heterocycles. The van der Waals surface area contributed by atoms with Gasteiger partial charge in [-0.3, -0.25) is 0 Å². The fourth-order valence-corrected chi connectivity index (χ4v) is 2.56. The van der Waals surface area contributed by atoms with Gasteiger partial charge >= 0.3 is 0 Å². The fourth-order valence-electron chi connectivity index (χ4n) is 2.37. The lowest BCUT2D eigenvalue weighted by Crippen LogP contribution is -2.19. The van der Waals surface area contributed by atoms with Crippen LogP contribution in [-0.4, -0.2) is 20.1 Å². The molecule has 0 aromatic heterocycles. The Balaban J connectivity index is 1.96. The van der Waals surface area contributed by atoms with E-state index in [9.17, 15) is 0 Å². The van der Waals surface area contributed by atoms with Crippen molar-refractivity contribution in [3.05, 3.63) is 64.2 Å². The molecule has 0 radical (unpaired) electrons. The van der Waals surface area contributed by atoms with Crippen LogP contribution in [0.5, 0.6) is 5.75 Å². The van der Waals surface area contributed by atoms with Gasteiger partial charge in [-0.1, -0.05) is 35.9 Å². The van der Waals surface area contributed by atoms with E-state index in [4.69, 9.17) is 16.3 Å². The molecule has 0 spiro atoms. The van der Waals surface area contributed by atoms with Crippen molar-refractivity contribution in [2.45, 2.75) is 26.5 Å². The van der Waals surface area contributed by atoms with Crippen molar-refractivity contribution in [3.8, 4) is 5.75 Å². The third kappa shape index (κ3) is 5.87. The van der Waals surface area contributed by atoms with Crippen LogP contribution in [0.3, 0.4) is 0 Å². The zero-order valence-electron chi connectivity index (χ0n) is 13.9. The van der Waals surface area contributed by atoms with Gasteiger partial charge in [0.25, 0.3) is 0 Å². The van der Waals surface area contributed by atoms with Gasteiger partial charge in [-0.2, -0.15) is 0 Å². The van der Waals surface area contributed by atoms with Crippen molar-refractivity contribution in [1.29, 1.82) is 0 Å². The van der Waals surface area contributed by atoms with Crippen LogP contribution in [0.15, 0.2) is 42.5 Å². The first-order valence-electron chi connectivity index (χ1n) is 8.01. The first-order chi connectivity index (χ1) is 11.2. The van der Waals surface area contributed by atoms with Crippen LogP contribution in [0, 0.1) is 6.92 Å². The Bertz CT molecular complexity index is 616. The summed E-state index contributed by atoms with van der Waals surface area (Å²) < 4.78 is 6.03. The van der Waals surface area contributed by atoms with E-state index >= 15 is 0 Å². The summed E-state index contributed by atoms with van der Waals surface area (Å²) in [6.45, 7) is 5.41. The van der Waals surface area contributed by atoms with Crippen LogP contribution in [0.25, 0.3) is 0 Å². The van der Waals surface area contributed by atoms with Crippen LogP contribution in [0.2, 0.25) is 5.02 Å². The Kier molecular flexibility index (Phi) is 7.40. The van der Waals surface area contributed by atoms with Crippen LogP contribution in [0.4, 0.5) is 0 Å². The molecule has 2 aromatic rings. The van der Waals surface area contributed by atoms with Crippen LogP contribution >= 0.6 is 11.6 Å². The summed E-state index contributed by atoms with van der Waals surface area (Å²) in [5.41, 5.74) is 3.54. The van der Waals surface area contributed by atoms with Gasteiger partial charge in [0.05, 0.1) is 0 Å². The molecule has 4 heteroatoms. The molecular formula is C19H25ClN2O. The SMILES string of the molecule is CNCCCNCc1cc(Cl)ccc1OCc1ccccc1C. The molecule has 0 heterocycles. The molecule has 2 rings (SSSR count). The number of aryl methyl sites for hydroxylation is 1. The van der Waals surface area contributed by atoms with Gasteiger partial charge in [-0.15, -0.1) is 0 Å². The van der Waals surface area contributed by atoms with E-state index in [-0.39, 0.29) is 0 Å². The molecule has 0 aliphatic carbocycles. The zero-order valence-corrected chi connectivity index (χ0v) is 14.6. The van der Waals surface area contributed by atoms with Crippen molar-refractivity contribution in [3.63, 3.8) is 0 Å². The minimum Gasteiger partial charge on any atom is -0.489 e. The third-order valence-corrected chi connectivity index (χ3v) is 4.00. The fraction of sp³-hybridized carbons (Fsp3) is 0.368. The third-order valence-electron chi connectivity index (χ3n) is 3.76. The molecule has 0 amide bonds. The number of hydrogen-bond acceptors (Lipinski definition) is 3. The molecule has 2 aromatic carbocycles. The number of hydrogen-bond donors (Lipinski definition) is 2. The minimum atomic E-state index is 0.570. The van der Waals surface area contributed by atoms with Gasteiger partial charge in [0.2, 0.25) is 0 Å². The van der Waals surface area contributed by atoms with E-state index in [1.165, 1.54) is 11.1 Å². The minimum absolute atomic E-state index is 0.570. The number of halogens is 1. The highest BCUT2D eigenvalue weighted by molar-refractivity contribution is 6.30. The molecule has 3 nitrogen and oxygen atoms in total. The summed E-state index contributed by atoms with van der Waals surface area (Å²) in [6, 6.07) is 14.1. The standard InChI is InChI=1S/C19H25ClN2O/c1-15-6-3-4-7-16(15)14-23-19-9-8-18(20)12-17(19)13-22-11-5-10-21-2/h3-4,6-9,12,21-22H,5,10-11,13-14H2,1-2H3. The van der Waals surface area contributed by atoms with E-state index in [0.29, 0.717) is 6.61 Å². The van der Waals surface area contributed by atoms with Crippen molar-refractivity contribution in [2.75, 3.05) is 20.1 Å². The molecule has 0 aliphatic rings. The van der Waals surface area contributed by atoms with Crippen LogP contribution < -0.4 is 15.4 Å². The molecule has 0 atom stereocenters. The largest absolute Gasteiger partial charge is 0.489 e. The van der Waals surface area contributed by atoms with Crippen LogP contribution in [0.1, 0.15) is 23.1 Å². The first-order valence-corrected chi connectivity index (χ1v) is 8.39. The average Bonchev–Trinajstić information content (AvgIpc) is 2.55. The summed E-state index contributed by atoms with van der Waals surface area (Å²) in [4.78, 5) is 0. The highest BCUT2D eigenvalue weighted by Gasteiger charge is 2.06. The van der Waals surface area contributed by atoms with E-state index in [1.54, 1.807) is 0 Å². The van der Waals surface area contributed by atoms with Gasteiger partial charge in [0.1, 0.15) is 12.4 Å². The Morgan fingerprint density at radius 2 is 1.87 bits per heavy atom.